The molecule has 1 fully saturated rings. The monoisotopic (exact) mass is 455 g/mol. The molecular weight excluding hydrogens is 426 g/mol. The molecule has 4 heterocycles. The molecule has 0 spiro atoms. The van der Waals surface area contributed by atoms with Gasteiger partial charge in [0.05, 0.1) is 17.0 Å². The van der Waals surface area contributed by atoms with Crippen LogP contribution in [-0.4, -0.2) is 37.8 Å². The number of nitrogens with zero attached hydrogens (tertiary/aromatic N) is 4. The summed E-state index contributed by atoms with van der Waals surface area (Å²) in [7, 11) is 0. The first kappa shape index (κ1) is 22.1. The molecule has 4 aromatic rings. The van der Waals surface area contributed by atoms with Crippen molar-refractivity contribution < 1.29 is 4.79 Å². The average molecular weight is 456 g/mol. The van der Waals surface area contributed by atoms with Crippen LogP contribution in [0.25, 0.3) is 16.7 Å². The molecule has 1 unspecified atom stereocenters. The first-order chi connectivity index (χ1) is 16.4. The highest BCUT2D eigenvalue weighted by molar-refractivity contribution is 5.97. The second kappa shape index (κ2) is 8.56. The maximum Gasteiger partial charge on any atom is 0.267 e. The molecule has 1 aliphatic rings. The van der Waals surface area contributed by atoms with Crippen molar-refractivity contribution in [3.8, 4) is 0 Å². The van der Waals surface area contributed by atoms with Gasteiger partial charge in [-0.05, 0) is 55.9 Å². The molecule has 7 nitrogen and oxygen atoms in total. The summed E-state index contributed by atoms with van der Waals surface area (Å²) >= 11 is 0. The number of likely N-dealkylation sites (tertiary alicyclic amines) is 1. The maximum atomic E-state index is 13.6. The molecule has 0 aliphatic carbocycles. The summed E-state index contributed by atoms with van der Waals surface area (Å²) in [5, 5.41) is 9.44. The molecule has 1 aliphatic heterocycles. The number of hydrogen-bond donors (Lipinski definition) is 1. The molecule has 0 radical (unpaired) electrons. The summed E-state index contributed by atoms with van der Waals surface area (Å²) in [6.07, 6.45) is 3.59. The van der Waals surface area contributed by atoms with Gasteiger partial charge in [-0.1, -0.05) is 43.3 Å². The molecule has 1 saturated heterocycles. The Hall–Kier alpha value is -3.74. The minimum Gasteiger partial charge on any atom is -0.339 e. The van der Waals surface area contributed by atoms with Gasteiger partial charge < -0.3 is 9.47 Å². The van der Waals surface area contributed by atoms with Gasteiger partial charge in [-0.15, -0.1) is 0 Å². The topological polar surface area (TPSA) is 83.5 Å². The number of carbonyl (C=O) groups is 1. The summed E-state index contributed by atoms with van der Waals surface area (Å²) in [6.45, 7) is 7.42. The highest BCUT2D eigenvalue weighted by atomic mass is 16.2. The number of hydrogen-bond acceptors (Lipinski definition) is 4. The normalized spacial score (nSPS) is 15.7. The minimum absolute atomic E-state index is 0.0808. The Morgan fingerprint density at radius 2 is 1.79 bits per heavy atom. The number of aryl methyl sites for hydroxylation is 1. The van der Waals surface area contributed by atoms with Gasteiger partial charge in [-0.25, -0.2) is 4.98 Å². The smallest absolute Gasteiger partial charge is 0.267 e. The number of amides is 1. The molecule has 7 heteroatoms. The third kappa shape index (κ3) is 3.61. The summed E-state index contributed by atoms with van der Waals surface area (Å²) in [4.78, 5) is 33.8. The van der Waals surface area contributed by atoms with Crippen LogP contribution < -0.4 is 11.0 Å². The Bertz CT molecular complexity index is 1510. The molecule has 0 bridgehead atoms. The van der Waals surface area contributed by atoms with Crippen molar-refractivity contribution in [3.05, 3.63) is 87.3 Å². The first-order valence-electron chi connectivity index (χ1n) is 11.8. The van der Waals surface area contributed by atoms with Gasteiger partial charge in [0.1, 0.15) is 16.8 Å². The fourth-order valence-corrected chi connectivity index (χ4v) is 4.86. The van der Waals surface area contributed by atoms with Crippen LogP contribution >= 0.6 is 0 Å². The zero-order valence-electron chi connectivity index (χ0n) is 19.8. The fraction of sp³-hybridized carbons (Fsp3) is 0.333. The van der Waals surface area contributed by atoms with E-state index >= 15 is 0 Å². The third-order valence-electron chi connectivity index (χ3n) is 7.05. The van der Waals surface area contributed by atoms with E-state index in [1.165, 1.54) is 4.40 Å². The van der Waals surface area contributed by atoms with Gasteiger partial charge in [0.25, 0.3) is 11.5 Å². The third-order valence-corrected chi connectivity index (χ3v) is 7.05. The summed E-state index contributed by atoms with van der Waals surface area (Å²) in [5.74, 6) is 0.393. The van der Waals surface area contributed by atoms with E-state index in [1.807, 2.05) is 61.2 Å². The van der Waals surface area contributed by atoms with Crippen LogP contribution in [-0.2, 0) is 0 Å². The van der Waals surface area contributed by atoms with Gasteiger partial charge in [-0.2, -0.15) is 0 Å². The Kier molecular flexibility index (Phi) is 5.55. The molecule has 1 aromatic carbocycles. The zero-order valence-corrected chi connectivity index (χ0v) is 19.8. The molecule has 3 aromatic heterocycles. The van der Waals surface area contributed by atoms with Crippen molar-refractivity contribution in [3.63, 3.8) is 0 Å². The molecular formula is C27H29N5O2. The Morgan fingerprint density at radius 3 is 2.50 bits per heavy atom. The van der Waals surface area contributed by atoms with Crippen LogP contribution in [0.1, 0.15) is 54.2 Å². The fourth-order valence-electron chi connectivity index (χ4n) is 4.86. The van der Waals surface area contributed by atoms with Crippen molar-refractivity contribution in [1.82, 2.24) is 18.9 Å². The number of pyridine rings is 2. The lowest BCUT2D eigenvalue weighted by Gasteiger charge is -2.31. The van der Waals surface area contributed by atoms with Crippen molar-refractivity contribution in [2.45, 2.75) is 39.7 Å². The number of fused-ring (bicyclic) bond motifs is 2. The SMILES string of the molecule is Cc1cccn2c(=O)c3cc(C(=O)N4CCC(C)CC4)c(=N)n(C(C)c4ccccc4)c3nc12. The Morgan fingerprint density at radius 1 is 1.09 bits per heavy atom. The van der Waals surface area contributed by atoms with Crippen LogP contribution in [0.15, 0.2) is 59.5 Å². The standard InChI is InChI=1S/C27H29N5O2/c1-17-11-14-30(15-12-17)26(33)21-16-22-25(29-24-18(2)8-7-13-31(24)27(22)34)32(23(21)28)19(3)20-9-5-4-6-10-20/h4-10,13,16-17,19,28H,11-12,14-15H2,1-3H3. The van der Waals surface area contributed by atoms with Crippen LogP contribution in [0.2, 0.25) is 0 Å². The van der Waals surface area contributed by atoms with E-state index in [1.54, 1.807) is 16.8 Å². The molecule has 1 N–H and O–H groups in total. The number of benzene rings is 1. The van der Waals surface area contributed by atoms with Gasteiger partial charge in [0, 0.05) is 19.3 Å². The second-order valence-electron chi connectivity index (χ2n) is 9.38. The predicted molar refractivity (Wildman–Crippen MR) is 132 cm³/mol. The number of rotatable bonds is 3. The second-order valence-corrected chi connectivity index (χ2v) is 9.38. The minimum atomic E-state index is -0.288. The van der Waals surface area contributed by atoms with E-state index in [9.17, 15) is 9.59 Å². The largest absolute Gasteiger partial charge is 0.339 e. The van der Waals surface area contributed by atoms with Crippen LogP contribution in [0.3, 0.4) is 0 Å². The van der Waals surface area contributed by atoms with Gasteiger partial charge in [0.15, 0.2) is 0 Å². The number of aromatic nitrogens is 3. The van der Waals surface area contributed by atoms with Crippen LogP contribution in [0, 0.1) is 18.3 Å². The summed E-state index contributed by atoms with van der Waals surface area (Å²) < 4.78 is 3.26. The van der Waals surface area contributed by atoms with Gasteiger partial charge in [0.2, 0.25) is 0 Å². The molecule has 34 heavy (non-hydrogen) atoms. The van der Waals surface area contributed by atoms with E-state index in [2.05, 4.69) is 6.92 Å². The number of piperidine rings is 1. The maximum absolute atomic E-state index is 13.6. The highest BCUT2D eigenvalue weighted by Gasteiger charge is 2.26. The van der Waals surface area contributed by atoms with Gasteiger partial charge in [-0.3, -0.25) is 19.4 Å². The van der Waals surface area contributed by atoms with Gasteiger partial charge >= 0.3 is 0 Å². The van der Waals surface area contributed by atoms with E-state index in [4.69, 9.17) is 10.4 Å². The van der Waals surface area contributed by atoms with E-state index in [0.29, 0.717) is 35.7 Å². The lowest BCUT2D eigenvalue weighted by molar-refractivity contribution is 0.0694. The zero-order chi connectivity index (χ0) is 24.0. The molecule has 1 atom stereocenters. The molecule has 0 saturated carbocycles. The number of nitrogens with one attached hydrogen (secondary N) is 1. The quantitative estimate of drug-likeness (QED) is 0.475. The van der Waals surface area contributed by atoms with Crippen molar-refractivity contribution in [2.75, 3.05) is 13.1 Å². The summed E-state index contributed by atoms with van der Waals surface area (Å²) in [5.41, 5.74) is 2.91. The Balaban J connectivity index is 1.81. The lowest BCUT2D eigenvalue weighted by atomic mass is 9.98. The van der Waals surface area contributed by atoms with E-state index in [-0.39, 0.29) is 28.6 Å². The molecule has 5 rings (SSSR count). The van der Waals surface area contributed by atoms with Crippen LogP contribution in [0.5, 0.6) is 0 Å². The predicted octanol–water partition coefficient (Wildman–Crippen LogP) is 3.92. The van der Waals surface area contributed by atoms with E-state index < -0.39 is 0 Å². The van der Waals surface area contributed by atoms with E-state index in [0.717, 1.165) is 24.0 Å². The average Bonchev–Trinajstić information content (AvgIpc) is 2.85. The van der Waals surface area contributed by atoms with Crippen molar-refractivity contribution in [1.29, 1.82) is 5.41 Å². The van der Waals surface area contributed by atoms with Crippen LogP contribution in [0.4, 0.5) is 0 Å². The molecule has 174 valence electrons. The van der Waals surface area contributed by atoms with Crippen molar-refractivity contribution >= 4 is 22.6 Å². The highest BCUT2D eigenvalue weighted by Crippen LogP contribution is 2.23. The first-order valence-corrected chi connectivity index (χ1v) is 11.8. The van der Waals surface area contributed by atoms with Crippen molar-refractivity contribution in [2.24, 2.45) is 5.92 Å². The molecule has 1 amide bonds. The number of carbonyl (C=O) groups excluding carboxylic acids is 1. The Labute approximate surface area is 197 Å². The lowest BCUT2D eigenvalue weighted by Crippen LogP contribution is -2.42. The summed E-state index contributed by atoms with van der Waals surface area (Å²) in [6, 6.07) is 14.8.